The lowest BCUT2D eigenvalue weighted by atomic mass is 10.0. The van der Waals surface area contributed by atoms with Gasteiger partial charge in [0.15, 0.2) is 5.13 Å². The van der Waals surface area contributed by atoms with Crippen LogP contribution in [0.25, 0.3) is 22.0 Å². The smallest absolute Gasteiger partial charge is 0.265 e. The summed E-state index contributed by atoms with van der Waals surface area (Å²) in [5, 5.41) is 7.35. The van der Waals surface area contributed by atoms with Crippen LogP contribution in [0.1, 0.15) is 16.1 Å². The maximum absolute atomic E-state index is 12.5. The maximum Gasteiger partial charge on any atom is 0.265 e. The lowest BCUT2D eigenvalue weighted by Crippen LogP contribution is -2.14. The van der Waals surface area contributed by atoms with E-state index >= 15 is 0 Å². The molecule has 0 aliphatic rings. The molecule has 4 N–H and O–H groups in total. The summed E-state index contributed by atoms with van der Waals surface area (Å²) in [5.74, 6) is -0.653. The van der Waals surface area contributed by atoms with Crippen molar-refractivity contribution in [1.82, 2.24) is 9.97 Å². The molecule has 2 aromatic carbocycles. The van der Waals surface area contributed by atoms with Gasteiger partial charge in [0.05, 0.1) is 12.1 Å². The molecule has 134 valence electrons. The van der Waals surface area contributed by atoms with E-state index in [9.17, 15) is 9.59 Å². The predicted octanol–water partition coefficient (Wildman–Crippen LogP) is 3.57. The number of nitrogens with zero attached hydrogens (tertiary/aromatic N) is 1. The van der Waals surface area contributed by atoms with Crippen molar-refractivity contribution >= 4 is 39.1 Å². The highest BCUT2D eigenvalue weighted by Gasteiger charge is 2.12. The average molecular weight is 376 g/mol. The SMILES string of the molecule is NC(=O)c1cc(-c2csc(NC(=O)Cc3cccc4ccccc34)n2)c[nH]1. The number of hydrogen-bond donors (Lipinski definition) is 3. The number of nitrogens with two attached hydrogens (primary N) is 1. The molecule has 4 rings (SSSR count). The van der Waals surface area contributed by atoms with Crippen molar-refractivity contribution in [1.29, 1.82) is 0 Å². The molecule has 7 heteroatoms. The molecule has 0 aliphatic carbocycles. The molecule has 2 aromatic heterocycles. The fourth-order valence-corrected chi connectivity index (χ4v) is 3.67. The molecule has 0 aliphatic heterocycles. The fraction of sp³-hybridized carbons (Fsp3) is 0.0500. The molecule has 6 nitrogen and oxygen atoms in total. The van der Waals surface area contributed by atoms with Crippen molar-refractivity contribution in [3.8, 4) is 11.3 Å². The van der Waals surface area contributed by atoms with Crippen LogP contribution in [0.3, 0.4) is 0 Å². The molecule has 0 bridgehead atoms. The van der Waals surface area contributed by atoms with Gasteiger partial charge in [-0.05, 0) is 22.4 Å². The number of thiazole rings is 1. The second-order valence-corrected chi connectivity index (χ2v) is 6.93. The quantitative estimate of drug-likeness (QED) is 0.496. The number of nitrogens with one attached hydrogen (secondary N) is 2. The van der Waals surface area contributed by atoms with Crippen LogP contribution in [-0.4, -0.2) is 21.8 Å². The first kappa shape index (κ1) is 17.0. The minimum atomic E-state index is -0.528. The number of rotatable bonds is 5. The summed E-state index contributed by atoms with van der Waals surface area (Å²) < 4.78 is 0. The van der Waals surface area contributed by atoms with Crippen LogP contribution in [0.15, 0.2) is 60.1 Å². The van der Waals surface area contributed by atoms with Crippen molar-refractivity contribution in [2.24, 2.45) is 5.73 Å². The molecule has 27 heavy (non-hydrogen) atoms. The van der Waals surface area contributed by atoms with Crippen LogP contribution in [0.5, 0.6) is 0 Å². The lowest BCUT2D eigenvalue weighted by molar-refractivity contribution is -0.115. The third-order valence-corrected chi connectivity index (χ3v) is 4.98. The van der Waals surface area contributed by atoms with Crippen molar-refractivity contribution in [3.63, 3.8) is 0 Å². The van der Waals surface area contributed by atoms with E-state index in [1.54, 1.807) is 12.3 Å². The van der Waals surface area contributed by atoms with Crippen LogP contribution in [0.4, 0.5) is 5.13 Å². The first-order valence-corrected chi connectivity index (χ1v) is 9.19. The van der Waals surface area contributed by atoms with Gasteiger partial charge in [0, 0.05) is 17.1 Å². The zero-order valence-electron chi connectivity index (χ0n) is 14.2. The highest BCUT2D eigenvalue weighted by molar-refractivity contribution is 7.14. The Balaban J connectivity index is 1.48. The van der Waals surface area contributed by atoms with E-state index in [0.29, 0.717) is 16.5 Å². The van der Waals surface area contributed by atoms with E-state index < -0.39 is 5.91 Å². The largest absolute Gasteiger partial charge is 0.364 e. The van der Waals surface area contributed by atoms with Gasteiger partial charge in [-0.25, -0.2) is 4.98 Å². The van der Waals surface area contributed by atoms with E-state index in [4.69, 9.17) is 5.73 Å². The number of amides is 2. The number of benzene rings is 2. The molecule has 0 saturated heterocycles. The van der Waals surface area contributed by atoms with Gasteiger partial charge >= 0.3 is 0 Å². The number of aromatic amines is 1. The third-order valence-electron chi connectivity index (χ3n) is 4.23. The van der Waals surface area contributed by atoms with Gasteiger partial charge in [-0.2, -0.15) is 0 Å². The maximum atomic E-state index is 12.5. The second-order valence-electron chi connectivity index (χ2n) is 6.07. The predicted molar refractivity (Wildman–Crippen MR) is 107 cm³/mol. The number of carbonyl (C=O) groups is 2. The second kappa shape index (κ2) is 7.05. The van der Waals surface area contributed by atoms with Gasteiger partial charge in [-0.1, -0.05) is 42.5 Å². The van der Waals surface area contributed by atoms with E-state index in [2.05, 4.69) is 15.3 Å². The van der Waals surface area contributed by atoms with Gasteiger partial charge in [0.25, 0.3) is 5.91 Å². The molecular weight excluding hydrogens is 360 g/mol. The Bertz CT molecular complexity index is 1140. The summed E-state index contributed by atoms with van der Waals surface area (Å²) in [6.45, 7) is 0. The Morgan fingerprint density at radius 1 is 1.15 bits per heavy atom. The van der Waals surface area contributed by atoms with Crippen LogP contribution in [-0.2, 0) is 11.2 Å². The Kier molecular flexibility index (Phi) is 4.43. The number of anilines is 1. The molecule has 0 spiro atoms. The van der Waals surface area contributed by atoms with Gasteiger partial charge < -0.3 is 16.0 Å². The molecule has 0 saturated carbocycles. The Labute approximate surface area is 159 Å². The Morgan fingerprint density at radius 2 is 1.96 bits per heavy atom. The highest BCUT2D eigenvalue weighted by atomic mass is 32.1. The van der Waals surface area contributed by atoms with Crippen molar-refractivity contribution in [2.75, 3.05) is 5.32 Å². The molecule has 2 heterocycles. The van der Waals surface area contributed by atoms with Crippen LogP contribution < -0.4 is 11.1 Å². The molecular formula is C20H16N4O2S. The monoisotopic (exact) mass is 376 g/mol. The van der Waals surface area contributed by atoms with Crippen molar-refractivity contribution in [2.45, 2.75) is 6.42 Å². The fourth-order valence-electron chi connectivity index (χ4n) is 2.93. The first-order valence-electron chi connectivity index (χ1n) is 8.31. The molecule has 0 fully saturated rings. The zero-order valence-corrected chi connectivity index (χ0v) is 15.0. The summed E-state index contributed by atoms with van der Waals surface area (Å²) in [6.07, 6.45) is 1.93. The van der Waals surface area contributed by atoms with Crippen LogP contribution >= 0.6 is 11.3 Å². The summed E-state index contributed by atoms with van der Waals surface area (Å²) in [6, 6.07) is 15.6. The van der Waals surface area contributed by atoms with Crippen molar-refractivity contribution < 1.29 is 9.59 Å². The number of carbonyl (C=O) groups excluding carboxylic acids is 2. The summed E-state index contributed by atoms with van der Waals surface area (Å²) in [7, 11) is 0. The number of aromatic nitrogens is 2. The van der Waals surface area contributed by atoms with Gasteiger partial charge in [0.1, 0.15) is 5.69 Å². The molecule has 0 atom stereocenters. The van der Waals surface area contributed by atoms with E-state index in [0.717, 1.165) is 21.9 Å². The normalized spacial score (nSPS) is 10.8. The summed E-state index contributed by atoms with van der Waals surface area (Å²) in [5.41, 5.74) is 7.95. The molecule has 4 aromatic rings. The van der Waals surface area contributed by atoms with E-state index in [1.165, 1.54) is 11.3 Å². The summed E-state index contributed by atoms with van der Waals surface area (Å²) >= 11 is 1.33. The van der Waals surface area contributed by atoms with Crippen molar-refractivity contribution in [3.05, 3.63) is 71.4 Å². The Morgan fingerprint density at radius 3 is 2.78 bits per heavy atom. The highest BCUT2D eigenvalue weighted by Crippen LogP contribution is 2.26. The lowest BCUT2D eigenvalue weighted by Gasteiger charge is -2.06. The number of hydrogen-bond acceptors (Lipinski definition) is 4. The standard InChI is InChI=1S/C20H16N4O2S/c21-19(26)16-8-14(10-22-16)17-11-27-20(23-17)24-18(25)9-13-6-3-5-12-4-1-2-7-15(12)13/h1-8,10-11,22H,9H2,(H2,21,26)(H,23,24,25). The van der Waals surface area contributed by atoms with Crippen LogP contribution in [0.2, 0.25) is 0 Å². The van der Waals surface area contributed by atoms with Gasteiger partial charge in [-0.3, -0.25) is 9.59 Å². The van der Waals surface area contributed by atoms with Gasteiger partial charge in [-0.15, -0.1) is 11.3 Å². The molecule has 0 radical (unpaired) electrons. The molecule has 2 amide bonds. The molecule has 0 unspecified atom stereocenters. The minimum absolute atomic E-state index is 0.126. The average Bonchev–Trinajstić information content (AvgIpc) is 3.31. The Hall–Kier alpha value is -3.45. The number of primary amides is 1. The topological polar surface area (TPSA) is 101 Å². The van der Waals surface area contributed by atoms with Crippen LogP contribution in [0, 0.1) is 0 Å². The van der Waals surface area contributed by atoms with E-state index in [1.807, 2.05) is 47.8 Å². The first-order chi connectivity index (χ1) is 13.1. The third kappa shape index (κ3) is 3.58. The van der Waals surface area contributed by atoms with Gasteiger partial charge in [0.2, 0.25) is 5.91 Å². The van der Waals surface area contributed by atoms with E-state index in [-0.39, 0.29) is 12.3 Å². The number of H-pyrrole nitrogens is 1. The number of fused-ring (bicyclic) bond motifs is 1. The minimum Gasteiger partial charge on any atom is -0.364 e. The zero-order chi connectivity index (χ0) is 18.8. The summed E-state index contributed by atoms with van der Waals surface area (Å²) in [4.78, 5) is 30.8.